The second-order valence-electron chi connectivity index (χ2n) is 4.56. The lowest BCUT2D eigenvalue weighted by Crippen LogP contribution is -2.21. The van der Waals surface area contributed by atoms with Crippen LogP contribution in [-0.4, -0.2) is 25.7 Å². The summed E-state index contributed by atoms with van der Waals surface area (Å²) >= 11 is 0. The summed E-state index contributed by atoms with van der Waals surface area (Å²) in [5, 5.41) is 0. The van der Waals surface area contributed by atoms with Crippen LogP contribution in [0.4, 0.5) is 0 Å². The standard InChI is InChI=1S/C16H23NO3/c1-4-11-20-17-10-12-19-16(18)15-8-6-14(7-9-15)13(3)5-2/h4,6-9,13,17H,1,5,10-12H2,2-3H3. The molecule has 0 saturated heterocycles. The van der Waals surface area contributed by atoms with Crippen molar-refractivity contribution in [3.8, 4) is 0 Å². The summed E-state index contributed by atoms with van der Waals surface area (Å²) in [5.41, 5.74) is 4.49. The van der Waals surface area contributed by atoms with E-state index >= 15 is 0 Å². The van der Waals surface area contributed by atoms with Crippen molar-refractivity contribution in [2.75, 3.05) is 19.8 Å². The molecule has 0 aliphatic rings. The van der Waals surface area contributed by atoms with E-state index in [9.17, 15) is 4.79 Å². The first-order valence-corrected chi connectivity index (χ1v) is 6.91. The van der Waals surface area contributed by atoms with E-state index in [0.29, 0.717) is 24.6 Å². The van der Waals surface area contributed by atoms with E-state index in [1.165, 1.54) is 5.56 Å². The Morgan fingerprint density at radius 1 is 1.40 bits per heavy atom. The van der Waals surface area contributed by atoms with Gasteiger partial charge in [0, 0.05) is 0 Å². The second-order valence-corrected chi connectivity index (χ2v) is 4.56. The Morgan fingerprint density at radius 2 is 2.10 bits per heavy atom. The highest BCUT2D eigenvalue weighted by atomic mass is 16.6. The number of carbonyl (C=O) groups is 1. The third-order valence-electron chi connectivity index (χ3n) is 3.07. The number of carbonyl (C=O) groups excluding carboxylic acids is 1. The van der Waals surface area contributed by atoms with Crippen LogP contribution < -0.4 is 5.48 Å². The number of benzene rings is 1. The Kier molecular flexibility index (Phi) is 7.62. The monoisotopic (exact) mass is 277 g/mol. The molecule has 0 saturated carbocycles. The minimum absolute atomic E-state index is 0.267. The molecule has 0 aromatic heterocycles. The van der Waals surface area contributed by atoms with E-state index in [4.69, 9.17) is 9.57 Å². The van der Waals surface area contributed by atoms with Gasteiger partial charge in [-0.3, -0.25) is 4.84 Å². The van der Waals surface area contributed by atoms with Gasteiger partial charge < -0.3 is 4.74 Å². The highest BCUT2D eigenvalue weighted by Crippen LogP contribution is 2.18. The van der Waals surface area contributed by atoms with Crippen molar-refractivity contribution in [3.05, 3.63) is 48.0 Å². The molecule has 0 fully saturated rings. The lowest BCUT2D eigenvalue weighted by atomic mass is 9.98. The van der Waals surface area contributed by atoms with Crippen molar-refractivity contribution in [2.24, 2.45) is 0 Å². The molecule has 20 heavy (non-hydrogen) atoms. The fourth-order valence-corrected chi connectivity index (χ4v) is 1.64. The molecule has 0 amide bonds. The minimum atomic E-state index is -0.314. The minimum Gasteiger partial charge on any atom is -0.461 e. The molecule has 4 heteroatoms. The molecule has 0 bridgehead atoms. The molecule has 0 aliphatic heterocycles. The molecule has 0 spiro atoms. The first-order valence-electron chi connectivity index (χ1n) is 6.91. The van der Waals surface area contributed by atoms with Crippen molar-refractivity contribution in [1.29, 1.82) is 0 Å². The first-order chi connectivity index (χ1) is 9.69. The van der Waals surface area contributed by atoms with Gasteiger partial charge in [-0.2, -0.15) is 5.48 Å². The predicted molar refractivity (Wildman–Crippen MR) is 79.6 cm³/mol. The molecule has 0 heterocycles. The number of hydrogen-bond acceptors (Lipinski definition) is 4. The summed E-state index contributed by atoms with van der Waals surface area (Å²) < 4.78 is 5.13. The zero-order valence-corrected chi connectivity index (χ0v) is 12.2. The van der Waals surface area contributed by atoms with E-state index in [-0.39, 0.29) is 12.6 Å². The van der Waals surface area contributed by atoms with Crippen LogP contribution in [-0.2, 0) is 9.57 Å². The Bertz CT molecular complexity index is 414. The van der Waals surface area contributed by atoms with Gasteiger partial charge in [0.05, 0.1) is 18.7 Å². The molecular formula is C16H23NO3. The van der Waals surface area contributed by atoms with Crippen LogP contribution in [0, 0.1) is 0 Å². The van der Waals surface area contributed by atoms with Crippen LogP contribution in [0.5, 0.6) is 0 Å². The summed E-state index contributed by atoms with van der Waals surface area (Å²) in [6.45, 7) is 8.98. The van der Waals surface area contributed by atoms with Gasteiger partial charge in [0.25, 0.3) is 0 Å². The van der Waals surface area contributed by atoms with Gasteiger partial charge in [0.15, 0.2) is 0 Å². The van der Waals surface area contributed by atoms with Crippen molar-refractivity contribution < 1.29 is 14.4 Å². The Balaban J connectivity index is 2.34. The summed E-state index contributed by atoms with van der Waals surface area (Å²) in [4.78, 5) is 16.7. The van der Waals surface area contributed by atoms with Crippen LogP contribution >= 0.6 is 0 Å². The third kappa shape index (κ3) is 5.55. The molecule has 0 radical (unpaired) electrons. The average molecular weight is 277 g/mol. The molecule has 0 aliphatic carbocycles. The molecule has 1 atom stereocenters. The van der Waals surface area contributed by atoms with Gasteiger partial charge in [-0.15, -0.1) is 6.58 Å². The maximum Gasteiger partial charge on any atom is 0.338 e. The fourth-order valence-electron chi connectivity index (χ4n) is 1.64. The average Bonchev–Trinajstić information content (AvgIpc) is 2.50. The number of ether oxygens (including phenoxy) is 1. The normalized spacial score (nSPS) is 11.9. The van der Waals surface area contributed by atoms with Crippen molar-refractivity contribution in [1.82, 2.24) is 5.48 Å². The lowest BCUT2D eigenvalue weighted by Gasteiger charge is -2.10. The largest absolute Gasteiger partial charge is 0.461 e. The van der Waals surface area contributed by atoms with Gasteiger partial charge in [-0.05, 0) is 30.0 Å². The molecule has 1 rings (SSSR count). The first kappa shape index (κ1) is 16.4. The van der Waals surface area contributed by atoms with E-state index in [1.807, 2.05) is 24.3 Å². The summed E-state index contributed by atoms with van der Waals surface area (Å²) in [6, 6.07) is 7.59. The van der Waals surface area contributed by atoms with Crippen molar-refractivity contribution >= 4 is 5.97 Å². The second kappa shape index (κ2) is 9.28. The van der Waals surface area contributed by atoms with Crippen LogP contribution in [0.2, 0.25) is 0 Å². The van der Waals surface area contributed by atoms with Gasteiger partial charge >= 0.3 is 5.97 Å². The van der Waals surface area contributed by atoms with Gasteiger partial charge in [0.1, 0.15) is 6.61 Å². The number of hydrogen-bond donors (Lipinski definition) is 1. The predicted octanol–water partition coefficient (Wildman–Crippen LogP) is 3.06. The van der Waals surface area contributed by atoms with Crippen molar-refractivity contribution in [3.63, 3.8) is 0 Å². The van der Waals surface area contributed by atoms with Gasteiger partial charge in [-0.25, -0.2) is 4.79 Å². The molecule has 1 N–H and O–H groups in total. The molecule has 4 nitrogen and oxygen atoms in total. The highest BCUT2D eigenvalue weighted by Gasteiger charge is 2.08. The summed E-state index contributed by atoms with van der Waals surface area (Å²) in [6.07, 6.45) is 2.72. The Hall–Kier alpha value is -1.65. The quantitative estimate of drug-likeness (QED) is 0.326. The Morgan fingerprint density at radius 3 is 2.70 bits per heavy atom. The zero-order chi connectivity index (χ0) is 14.8. The number of nitrogens with one attached hydrogen (secondary N) is 1. The number of hydroxylamine groups is 1. The van der Waals surface area contributed by atoms with E-state index < -0.39 is 0 Å². The number of rotatable bonds is 9. The van der Waals surface area contributed by atoms with Gasteiger partial charge in [0.2, 0.25) is 0 Å². The van der Waals surface area contributed by atoms with Crippen molar-refractivity contribution in [2.45, 2.75) is 26.2 Å². The zero-order valence-electron chi connectivity index (χ0n) is 12.2. The third-order valence-corrected chi connectivity index (χ3v) is 3.07. The fraction of sp³-hybridized carbons (Fsp3) is 0.438. The van der Waals surface area contributed by atoms with Gasteiger partial charge in [-0.1, -0.05) is 32.1 Å². The smallest absolute Gasteiger partial charge is 0.338 e. The maximum atomic E-state index is 11.8. The van der Waals surface area contributed by atoms with Crippen LogP contribution in [0.25, 0.3) is 0 Å². The Labute approximate surface area is 120 Å². The highest BCUT2D eigenvalue weighted by molar-refractivity contribution is 5.89. The lowest BCUT2D eigenvalue weighted by molar-refractivity contribution is 0.0297. The molecular weight excluding hydrogens is 254 g/mol. The SMILES string of the molecule is C=CCONCCOC(=O)c1ccc(C(C)CC)cc1. The molecule has 1 unspecified atom stereocenters. The van der Waals surface area contributed by atoms with Crippen LogP contribution in [0.1, 0.15) is 42.1 Å². The maximum absolute atomic E-state index is 11.8. The van der Waals surface area contributed by atoms with Crippen LogP contribution in [0.3, 0.4) is 0 Å². The van der Waals surface area contributed by atoms with E-state index in [2.05, 4.69) is 25.9 Å². The summed E-state index contributed by atoms with van der Waals surface area (Å²) in [7, 11) is 0. The molecule has 1 aromatic rings. The number of esters is 1. The van der Waals surface area contributed by atoms with E-state index in [0.717, 1.165) is 6.42 Å². The van der Waals surface area contributed by atoms with E-state index in [1.54, 1.807) is 6.08 Å². The summed E-state index contributed by atoms with van der Waals surface area (Å²) in [5.74, 6) is 0.192. The topological polar surface area (TPSA) is 47.6 Å². The molecule has 1 aromatic carbocycles. The molecule has 110 valence electrons. The van der Waals surface area contributed by atoms with Crippen LogP contribution in [0.15, 0.2) is 36.9 Å².